The number of hydrogen-bond acceptors (Lipinski definition) is 4. The van der Waals surface area contributed by atoms with Gasteiger partial charge in [-0.05, 0) is 31.4 Å². The second kappa shape index (κ2) is 7.13. The molecule has 1 aliphatic carbocycles. The molecular formula is C18H25N5O. The summed E-state index contributed by atoms with van der Waals surface area (Å²) in [5.74, 6) is 1.74. The predicted molar refractivity (Wildman–Crippen MR) is 94.5 cm³/mol. The summed E-state index contributed by atoms with van der Waals surface area (Å²) in [6, 6.07) is 7.78. The van der Waals surface area contributed by atoms with E-state index in [9.17, 15) is 4.79 Å². The molecule has 3 rings (SSSR count). The largest absolute Gasteiger partial charge is 0.328 e. The molecule has 1 fully saturated rings. The van der Waals surface area contributed by atoms with Crippen molar-refractivity contribution in [1.82, 2.24) is 15.2 Å². The average molecular weight is 327 g/mol. The first-order chi connectivity index (χ1) is 11.5. The molecule has 0 saturated heterocycles. The van der Waals surface area contributed by atoms with Crippen molar-refractivity contribution >= 4 is 11.6 Å². The summed E-state index contributed by atoms with van der Waals surface area (Å²) in [5.41, 5.74) is 7.58. The summed E-state index contributed by atoms with van der Waals surface area (Å²) in [6.07, 6.45) is 3.68. The van der Waals surface area contributed by atoms with Crippen LogP contribution in [0.4, 0.5) is 5.69 Å². The Morgan fingerprint density at radius 2 is 2.12 bits per heavy atom. The van der Waals surface area contributed by atoms with Gasteiger partial charge in [-0.1, -0.05) is 32.4 Å². The molecule has 6 nitrogen and oxygen atoms in total. The van der Waals surface area contributed by atoms with Crippen LogP contribution in [0.2, 0.25) is 0 Å². The summed E-state index contributed by atoms with van der Waals surface area (Å²) in [7, 11) is 0. The van der Waals surface area contributed by atoms with E-state index in [4.69, 9.17) is 5.73 Å². The van der Waals surface area contributed by atoms with Crippen molar-refractivity contribution in [3.8, 4) is 11.4 Å². The molecule has 1 heterocycles. The number of amides is 1. The predicted octanol–water partition coefficient (Wildman–Crippen LogP) is 3.05. The van der Waals surface area contributed by atoms with Crippen molar-refractivity contribution in [1.29, 1.82) is 0 Å². The fraction of sp³-hybridized carbons (Fsp3) is 0.500. The lowest BCUT2D eigenvalue weighted by Crippen LogP contribution is -2.34. The Labute approximate surface area is 142 Å². The Kier molecular flexibility index (Phi) is 4.94. The molecule has 1 aromatic carbocycles. The molecule has 1 aromatic heterocycles. The molecule has 1 saturated carbocycles. The maximum absolute atomic E-state index is 12.6. The SMILES string of the molecule is CC(C)c1nc(-c2ccccc2NC(=O)C2CCCC(N)C2)n[nH]1. The highest BCUT2D eigenvalue weighted by Gasteiger charge is 2.26. The first-order valence-electron chi connectivity index (χ1n) is 8.62. The highest BCUT2D eigenvalue weighted by atomic mass is 16.1. The van der Waals surface area contributed by atoms with Gasteiger partial charge in [0.1, 0.15) is 5.82 Å². The van der Waals surface area contributed by atoms with Gasteiger partial charge in [-0.25, -0.2) is 4.98 Å². The van der Waals surface area contributed by atoms with Crippen molar-refractivity contribution in [2.75, 3.05) is 5.32 Å². The fourth-order valence-corrected chi connectivity index (χ4v) is 3.14. The van der Waals surface area contributed by atoms with Crippen LogP contribution in [0.15, 0.2) is 24.3 Å². The minimum Gasteiger partial charge on any atom is -0.328 e. The lowest BCUT2D eigenvalue weighted by molar-refractivity contribution is -0.120. The van der Waals surface area contributed by atoms with Crippen LogP contribution in [0.25, 0.3) is 11.4 Å². The molecule has 0 aliphatic heterocycles. The summed E-state index contributed by atoms with van der Waals surface area (Å²) in [6.45, 7) is 4.12. The van der Waals surface area contributed by atoms with Gasteiger partial charge in [-0.2, -0.15) is 5.10 Å². The van der Waals surface area contributed by atoms with Gasteiger partial charge in [-0.15, -0.1) is 0 Å². The van der Waals surface area contributed by atoms with Gasteiger partial charge >= 0.3 is 0 Å². The number of H-pyrrole nitrogens is 1. The normalized spacial score (nSPS) is 21.0. The number of benzene rings is 1. The maximum atomic E-state index is 12.6. The molecule has 1 aliphatic rings. The zero-order chi connectivity index (χ0) is 17.1. The van der Waals surface area contributed by atoms with E-state index in [0.29, 0.717) is 5.82 Å². The molecule has 4 N–H and O–H groups in total. The molecule has 128 valence electrons. The van der Waals surface area contributed by atoms with Crippen LogP contribution in [0, 0.1) is 5.92 Å². The Hall–Kier alpha value is -2.21. The number of carbonyl (C=O) groups is 1. The van der Waals surface area contributed by atoms with Gasteiger partial charge in [0.05, 0.1) is 5.69 Å². The first-order valence-corrected chi connectivity index (χ1v) is 8.62. The topological polar surface area (TPSA) is 96.7 Å². The van der Waals surface area contributed by atoms with E-state index < -0.39 is 0 Å². The molecule has 24 heavy (non-hydrogen) atoms. The molecule has 2 aromatic rings. The number of aromatic nitrogens is 3. The smallest absolute Gasteiger partial charge is 0.227 e. The maximum Gasteiger partial charge on any atom is 0.227 e. The first kappa shape index (κ1) is 16.6. The lowest BCUT2D eigenvalue weighted by Gasteiger charge is -2.25. The van der Waals surface area contributed by atoms with Crippen molar-refractivity contribution < 1.29 is 4.79 Å². The Morgan fingerprint density at radius 3 is 2.83 bits per heavy atom. The molecule has 0 radical (unpaired) electrons. The molecule has 1 amide bonds. The monoisotopic (exact) mass is 327 g/mol. The molecule has 0 bridgehead atoms. The van der Waals surface area contributed by atoms with Crippen molar-refractivity contribution in [2.24, 2.45) is 11.7 Å². The molecule has 0 spiro atoms. The summed E-state index contributed by atoms with van der Waals surface area (Å²) < 4.78 is 0. The lowest BCUT2D eigenvalue weighted by atomic mass is 9.85. The van der Waals surface area contributed by atoms with E-state index in [1.165, 1.54) is 0 Å². The Bertz CT molecular complexity index is 709. The van der Waals surface area contributed by atoms with Gasteiger partial charge < -0.3 is 11.1 Å². The van der Waals surface area contributed by atoms with Crippen molar-refractivity contribution in [3.63, 3.8) is 0 Å². The highest BCUT2D eigenvalue weighted by Crippen LogP contribution is 2.29. The van der Waals surface area contributed by atoms with Crippen LogP contribution >= 0.6 is 0 Å². The van der Waals surface area contributed by atoms with Crippen LogP contribution in [0.3, 0.4) is 0 Å². The minimum atomic E-state index is -0.0137. The zero-order valence-corrected chi connectivity index (χ0v) is 14.2. The van der Waals surface area contributed by atoms with Gasteiger partial charge in [0.2, 0.25) is 5.91 Å². The summed E-state index contributed by atoms with van der Waals surface area (Å²) in [5, 5.41) is 10.3. The van der Waals surface area contributed by atoms with E-state index in [1.54, 1.807) is 0 Å². The van der Waals surface area contributed by atoms with Gasteiger partial charge in [0.25, 0.3) is 0 Å². The van der Waals surface area contributed by atoms with Crippen molar-refractivity contribution in [3.05, 3.63) is 30.1 Å². The number of anilines is 1. The standard InChI is InChI=1S/C18H25N5O/c1-11(2)16-21-17(23-22-16)14-8-3-4-9-15(14)20-18(24)12-6-5-7-13(19)10-12/h3-4,8-9,11-13H,5-7,10,19H2,1-2H3,(H,20,24)(H,21,22,23). The molecule has 2 atom stereocenters. The third-order valence-electron chi connectivity index (χ3n) is 4.56. The summed E-state index contributed by atoms with van der Waals surface area (Å²) >= 11 is 0. The number of para-hydroxylation sites is 1. The Balaban J connectivity index is 1.80. The van der Waals surface area contributed by atoms with Crippen LogP contribution in [-0.2, 0) is 4.79 Å². The molecule has 6 heteroatoms. The van der Waals surface area contributed by atoms with Gasteiger partial charge in [0, 0.05) is 23.4 Å². The second-order valence-corrected chi connectivity index (χ2v) is 6.86. The van der Waals surface area contributed by atoms with Crippen LogP contribution in [0.5, 0.6) is 0 Å². The number of rotatable bonds is 4. The quantitative estimate of drug-likeness (QED) is 0.804. The van der Waals surface area contributed by atoms with Crippen molar-refractivity contribution in [2.45, 2.75) is 51.5 Å². The van der Waals surface area contributed by atoms with Crippen LogP contribution in [0.1, 0.15) is 51.3 Å². The minimum absolute atomic E-state index is 0.0137. The number of carbonyl (C=O) groups excluding carboxylic acids is 1. The van der Waals surface area contributed by atoms with E-state index in [1.807, 2.05) is 24.3 Å². The number of hydrogen-bond donors (Lipinski definition) is 3. The molecule has 2 unspecified atom stereocenters. The average Bonchev–Trinajstić information content (AvgIpc) is 3.05. The van der Waals surface area contributed by atoms with Gasteiger partial charge in [0.15, 0.2) is 5.82 Å². The Morgan fingerprint density at radius 1 is 1.33 bits per heavy atom. The van der Waals surface area contributed by atoms with E-state index >= 15 is 0 Å². The summed E-state index contributed by atoms with van der Waals surface area (Å²) in [4.78, 5) is 17.1. The number of nitrogens with one attached hydrogen (secondary N) is 2. The third kappa shape index (κ3) is 3.64. The third-order valence-corrected chi connectivity index (χ3v) is 4.56. The highest BCUT2D eigenvalue weighted by molar-refractivity contribution is 5.96. The second-order valence-electron chi connectivity index (χ2n) is 6.86. The number of aromatic amines is 1. The molecular weight excluding hydrogens is 302 g/mol. The van der Waals surface area contributed by atoms with E-state index in [0.717, 1.165) is 42.8 Å². The number of nitrogens with two attached hydrogens (primary N) is 1. The van der Waals surface area contributed by atoms with E-state index in [-0.39, 0.29) is 23.8 Å². The van der Waals surface area contributed by atoms with E-state index in [2.05, 4.69) is 34.3 Å². The fourth-order valence-electron chi connectivity index (χ4n) is 3.14. The van der Waals surface area contributed by atoms with Crippen LogP contribution < -0.4 is 11.1 Å². The van der Waals surface area contributed by atoms with Gasteiger partial charge in [-0.3, -0.25) is 9.89 Å². The number of nitrogens with zero attached hydrogens (tertiary/aromatic N) is 2. The van der Waals surface area contributed by atoms with Crippen LogP contribution in [-0.4, -0.2) is 27.1 Å². The zero-order valence-electron chi connectivity index (χ0n) is 14.2.